The first-order valence-corrected chi connectivity index (χ1v) is 7.60. The Bertz CT molecular complexity index is 855. The number of benzene rings is 2. The van der Waals surface area contributed by atoms with Gasteiger partial charge in [-0.1, -0.05) is 29.8 Å². The molecule has 0 spiro atoms. The second-order valence-corrected chi connectivity index (χ2v) is 5.45. The van der Waals surface area contributed by atoms with Crippen LogP contribution in [0.3, 0.4) is 0 Å². The van der Waals surface area contributed by atoms with Crippen molar-refractivity contribution in [2.45, 2.75) is 6.54 Å². The number of hydrogen-bond donors (Lipinski definition) is 3. The SMILES string of the molecule is N#C/C(=C/Nc1cccc(C(=O)O)c1)C(=O)NCc1ccc(Cl)cc1. The third-order valence-corrected chi connectivity index (χ3v) is 3.48. The Hall–Kier alpha value is -3.30. The Morgan fingerprint density at radius 1 is 1.20 bits per heavy atom. The fourth-order valence-electron chi connectivity index (χ4n) is 1.93. The molecule has 0 aliphatic rings. The first kappa shape index (κ1) is 18.0. The standard InChI is InChI=1S/C18H14ClN3O3/c19-15-6-4-12(5-7-15)10-22-17(23)14(9-20)11-21-16-3-1-2-13(8-16)18(24)25/h1-8,11,21H,10H2,(H,22,23)(H,24,25)/b14-11-. The molecule has 0 atom stereocenters. The number of hydrogen-bond acceptors (Lipinski definition) is 4. The Morgan fingerprint density at radius 2 is 1.92 bits per heavy atom. The van der Waals surface area contributed by atoms with E-state index in [1.54, 1.807) is 42.5 Å². The summed E-state index contributed by atoms with van der Waals surface area (Å²) < 4.78 is 0. The molecule has 0 radical (unpaired) electrons. The van der Waals surface area contributed by atoms with Gasteiger partial charge < -0.3 is 15.7 Å². The number of carboxylic acids is 1. The summed E-state index contributed by atoms with van der Waals surface area (Å²) in [5, 5.41) is 24.0. The van der Waals surface area contributed by atoms with E-state index in [4.69, 9.17) is 22.0 Å². The van der Waals surface area contributed by atoms with Crippen molar-refractivity contribution in [3.8, 4) is 6.07 Å². The fraction of sp³-hybridized carbons (Fsp3) is 0.0556. The van der Waals surface area contributed by atoms with Gasteiger partial charge in [-0.3, -0.25) is 4.79 Å². The summed E-state index contributed by atoms with van der Waals surface area (Å²) in [4.78, 5) is 23.0. The molecule has 0 heterocycles. The minimum atomic E-state index is -1.06. The number of amides is 1. The predicted octanol–water partition coefficient (Wildman–Crippen LogP) is 3.17. The van der Waals surface area contributed by atoms with Crippen LogP contribution in [0.25, 0.3) is 0 Å². The third-order valence-electron chi connectivity index (χ3n) is 3.22. The summed E-state index contributed by atoms with van der Waals surface area (Å²) >= 11 is 5.79. The summed E-state index contributed by atoms with van der Waals surface area (Å²) in [7, 11) is 0. The molecule has 2 rings (SSSR count). The van der Waals surface area contributed by atoms with E-state index in [1.165, 1.54) is 18.3 Å². The lowest BCUT2D eigenvalue weighted by Gasteiger charge is -2.06. The molecule has 25 heavy (non-hydrogen) atoms. The number of anilines is 1. The van der Waals surface area contributed by atoms with Crippen LogP contribution in [0, 0.1) is 11.3 Å². The smallest absolute Gasteiger partial charge is 0.335 e. The molecule has 0 aliphatic carbocycles. The van der Waals surface area contributed by atoms with Gasteiger partial charge in [0.05, 0.1) is 5.56 Å². The first-order chi connectivity index (χ1) is 12.0. The maximum absolute atomic E-state index is 12.0. The van der Waals surface area contributed by atoms with E-state index in [1.807, 2.05) is 0 Å². The molecule has 3 N–H and O–H groups in total. The topological polar surface area (TPSA) is 102 Å². The van der Waals surface area contributed by atoms with E-state index in [2.05, 4.69) is 10.6 Å². The zero-order valence-corrected chi connectivity index (χ0v) is 13.7. The van der Waals surface area contributed by atoms with E-state index in [0.29, 0.717) is 10.7 Å². The average molecular weight is 356 g/mol. The summed E-state index contributed by atoms with van der Waals surface area (Å²) in [6, 6.07) is 14.8. The van der Waals surface area contributed by atoms with E-state index >= 15 is 0 Å². The van der Waals surface area contributed by atoms with E-state index in [0.717, 1.165) is 5.56 Å². The molecule has 0 unspecified atom stereocenters. The maximum Gasteiger partial charge on any atom is 0.335 e. The molecule has 126 valence electrons. The van der Waals surface area contributed by atoms with Gasteiger partial charge in [0.2, 0.25) is 0 Å². The fourth-order valence-corrected chi connectivity index (χ4v) is 2.05. The number of nitrogens with zero attached hydrogens (tertiary/aromatic N) is 1. The molecule has 2 aromatic rings. The lowest BCUT2D eigenvalue weighted by Crippen LogP contribution is -2.24. The zero-order valence-electron chi connectivity index (χ0n) is 13.0. The molecule has 0 aromatic heterocycles. The van der Waals surface area contributed by atoms with Crippen LogP contribution in [0.2, 0.25) is 5.02 Å². The molecule has 6 nitrogen and oxygen atoms in total. The van der Waals surface area contributed by atoms with Crippen molar-refractivity contribution < 1.29 is 14.7 Å². The lowest BCUT2D eigenvalue weighted by molar-refractivity contribution is -0.117. The normalized spacial score (nSPS) is 10.6. The highest BCUT2D eigenvalue weighted by Crippen LogP contribution is 2.12. The van der Waals surface area contributed by atoms with Crippen LogP contribution in [0.4, 0.5) is 5.69 Å². The average Bonchev–Trinajstić information content (AvgIpc) is 2.62. The molecular formula is C18H14ClN3O3. The van der Waals surface area contributed by atoms with Gasteiger partial charge in [0.15, 0.2) is 0 Å². The van der Waals surface area contributed by atoms with E-state index in [-0.39, 0.29) is 17.7 Å². The molecule has 0 saturated heterocycles. The number of nitriles is 1. The van der Waals surface area contributed by atoms with Gasteiger partial charge in [-0.2, -0.15) is 5.26 Å². The first-order valence-electron chi connectivity index (χ1n) is 7.22. The summed E-state index contributed by atoms with van der Waals surface area (Å²) in [5.74, 6) is -1.60. The zero-order chi connectivity index (χ0) is 18.2. The van der Waals surface area contributed by atoms with Crippen LogP contribution in [0.5, 0.6) is 0 Å². The summed E-state index contributed by atoms with van der Waals surface area (Å²) in [6.07, 6.45) is 1.23. The molecule has 0 saturated carbocycles. The van der Waals surface area contributed by atoms with Crippen molar-refractivity contribution in [2.75, 3.05) is 5.32 Å². The summed E-state index contributed by atoms with van der Waals surface area (Å²) in [5.41, 5.74) is 1.27. The Balaban J connectivity index is 2.00. The minimum Gasteiger partial charge on any atom is -0.478 e. The second kappa shape index (κ2) is 8.52. The Morgan fingerprint density at radius 3 is 2.56 bits per heavy atom. The van der Waals surface area contributed by atoms with Crippen LogP contribution in [-0.2, 0) is 11.3 Å². The predicted molar refractivity (Wildman–Crippen MR) is 94.0 cm³/mol. The number of rotatable bonds is 6. The Labute approximate surface area is 149 Å². The second-order valence-electron chi connectivity index (χ2n) is 5.01. The number of halogens is 1. The number of carboxylic acid groups (broad SMARTS) is 1. The molecular weight excluding hydrogens is 342 g/mol. The van der Waals surface area contributed by atoms with Crippen LogP contribution in [0.15, 0.2) is 60.3 Å². The quantitative estimate of drug-likeness (QED) is 0.545. The highest BCUT2D eigenvalue weighted by Gasteiger charge is 2.09. The van der Waals surface area contributed by atoms with Crippen molar-refractivity contribution >= 4 is 29.2 Å². The van der Waals surface area contributed by atoms with Crippen molar-refractivity contribution in [3.63, 3.8) is 0 Å². The summed E-state index contributed by atoms with van der Waals surface area (Å²) in [6.45, 7) is 0.253. The van der Waals surface area contributed by atoms with Crippen molar-refractivity contribution in [3.05, 3.63) is 76.5 Å². The molecule has 0 fully saturated rings. The third kappa shape index (κ3) is 5.37. The number of carbonyl (C=O) groups is 2. The van der Waals surface area contributed by atoms with Gasteiger partial charge in [0.1, 0.15) is 11.6 Å². The van der Waals surface area contributed by atoms with Crippen LogP contribution in [0.1, 0.15) is 15.9 Å². The van der Waals surface area contributed by atoms with Gasteiger partial charge in [-0.15, -0.1) is 0 Å². The molecule has 1 amide bonds. The maximum atomic E-state index is 12.0. The molecule has 0 bridgehead atoms. The molecule has 7 heteroatoms. The van der Waals surface area contributed by atoms with Crippen LogP contribution < -0.4 is 10.6 Å². The molecule has 2 aromatic carbocycles. The lowest BCUT2D eigenvalue weighted by atomic mass is 10.2. The monoisotopic (exact) mass is 355 g/mol. The van der Waals surface area contributed by atoms with Crippen LogP contribution >= 0.6 is 11.6 Å². The van der Waals surface area contributed by atoms with Gasteiger partial charge in [0, 0.05) is 23.5 Å². The van der Waals surface area contributed by atoms with E-state index in [9.17, 15) is 9.59 Å². The van der Waals surface area contributed by atoms with Gasteiger partial charge >= 0.3 is 5.97 Å². The largest absolute Gasteiger partial charge is 0.478 e. The highest BCUT2D eigenvalue weighted by molar-refractivity contribution is 6.30. The number of aromatic carboxylic acids is 1. The molecule has 0 aliphatic heterocycles. The van der Waals surface area contributed by atoms with Crippen molar-refractivity contribution in [1.82, 2.24) is 5.32 Å². The van der Waals surface area contributed by atoms with Crippen molar-refractivity contribution in [2.24, 2.45) is 0 Å². The van der Waals surface area contributed by atoms with Gasteiger partial charge in [-0.05, 0) is 35.9 Å². The minimum absolute atomic E-state index is 0.101. The number of nitrogens with one attached hydrogen (secondary N) is 2. The van der Waals surface area contributed by atoms with E-state index < -0.39 is 11.9 Å². The van der Waals surface area contributed by atoms with Crippen LogP contribution in [-0.4, -0.2) is 17.0 Å². The van der Waals surface area contributed by atoms with Gasteiger partial charge in [-0.25, -0.2) is 4.79 Å². The highest BCUT2D eigenvalue weighted by atomic mass is 35.5. The van der Waals surface area contributed by atoms with Crippen molar-refractivity contribution in [1.29, 1.82) is 5.26 Å². The van der Waals surface area contributed by atoms with Gasteiger partial charge in [0.25, 0.3) is 5.91 Å². The Kier molecular flexibility index (Phi) is 6.15. The number of carbonyl (C=O) groups excluding carboxylic acids is 1.